The lowest BCUT2D eigenvalue weighted by molar-refractivity contribution is -0.114. The van der Waals surface area contributed by atoms with E-state index in [2.05, 4.69) is 15.9 Å². The lowest BCUT2D eigenvalue weighted by atomic mass is 9.97. The van der Waals surface area contributed by atoms with Gasteiger partial charge in [0.1, 0.15) is 16.5 Å². The zero-order valence-corrected chi connectivity index (χ0v) is 22.1. The minimum Gasteiger partial charge on any atom is -0.495 e. The Hall–Kier alpha value is -3.20. The zero-order chi connectivity index (χ0) is 25.9. The Balaban J connectivity index is 1.56. The molecule has 0 unspecified atom stereocenters. The number of nitrogens with one attached hydrogen (secondary N) is 1. The van der Waals surface area contributed by atoms with E-state index in [9.17, 15) is 17.6 Å². The molecule has 1 amide bonds. The molecule has 0 radical (unpaired) electrons. The lowest BCUT2D eigenvalue weighted by Gasteiger charge is -2.10. The topological polar surface area (TPSA) is 72.5 Å². The first kappa shape index (κ1) is 25.9. The number of carbonyl (C=O) groups excluding carboxylic acids is 1. The van der Waals surface area contributed by atoms with Crippen molar-refractivity contribution in [2.24, 2.45) is 0 Å². The third-order valence-electron chi connectivity index (χ3n) is 5.43. The molecule has 0 atom stereocenters. The third-order valence-corrected chi connectivity index (χ3v) is 7.53. The molecule has 0 saturated heterocycles. The normalized spacial score (nSPS) is 11.7. The van der Waals surface area contributed by atoms with Gasteiger partial charge in [-0.1, -0.05) is 57.9 Å². The highest BCUT2D eigenvalue weighted by Gasteiger charge is 2.21. The molecule has 184 valence electrons. The van der Waals surface area contributed by atoms with E-state index in [-0.39, 0.29) is 16.5 Å². The number of ether oxygens (including phenoxy) is 1. The van der Waals surface area contributed by atoms with Crippen molar-refractivity contribution in [1.82, 2.24) is 4.72 Å². The van der Waals surface area contributed by atoms with Crippen LogP contribution < -0.4 is 9.46 Å². The summed E-state index contributed by atoms with van der Waals surface area (Å²) in [7, 11) is -2.83. The Kier molecular flexibility index (Phi) is 7.78. The van der Waals surface area contributed by atoms with Gasteiger partial charge in [0, 0.05) is 15.6 Å². The van der Waals surface area contributed by atoms with Crippen LogP contribution in [0.5, 0.6) is 5.75 Å². The molecule has 4 aromatic carbocycles. The molecule has 4 rings (SSSR count). The van der Waals surface area contributed by atoms with Crippen LogP contribution in [0.15, 0.2) is 88.2 Å². The number of amides is 1. The number of carbonyl (C=O) groups is 1. The second kappa shape index (κ2) is 10.8. The minimum absolute atomic E-state index is 0.109. The number of sulfonamides is 1. The van der Waals surface area contributed by atoms with Crippen molar-refractivity contribution in [3.05, 3.63) is 111 Å². The number of hydrogen-bond donors (Lipinski definition) is 1. The van der Waals surface area contributed by atoms with Crippen LogP contribution in [0.4, 0.5) is 4.39 Å². The van der Waals surface area contributed by atoms with E-state index in [0.29, 0.717) is 21.5 Å². The summed E-state index contributed by atoms with van der Waals surface area (Å²) in [5, 5.41) is 2.18. The van der Waals surface area contributed by atoms with E-state index in [0.717, 1.165) is 28.0 Å². The van der Waals surface area contributed by atoms with Crippen LogP contribution in [0, 0.1) is 5.82 Å². The average molecular weight is 589 g/mol. The fraction of sp³-hybridized carbons (Fsp3) is 0.0741. The number of hydrogen-bond acceptors (Lipinski definition) is 4. The van der Waals surface area contributed by atoms with Crippen molar-refractivity contribution >= 4 is 60.3 Å². The van der Waals surface area contributed by atoms with Gasteiger partial charge in [-0.2, -0.15) is 0 Å². The van der Waals surface area contributed by atoms with Gasteiger partial charge in [0.05, 0.1) is 7.11 Å². The number of methoxy groups -OCH3 is 1. The number of benzene rings is 4. The highest BCUT2D eigenvalue weighted by Crippen LogP contribution is 2.27. The van der Waals surface area contributed by atoms with Crippen molar-refractivity contribution in [3.63, 3.8) is 0 Å². The van der Waals surface area contributed by atoms with Crippen molar-refractivity contribution < 1.29 is 22.3 Å². The highest BCUT2D eigenvalue weighted by molar-refractivity contribution is 9.10. The maximum absolute atomic E-state index is 13.5. The maximum atomic E-state index is 13.5. The molecule has 36 heavy (non-hydrogen) atoms. The SMILES string of the molecule is COc1ccc(Br)cc1S(=O)(=O)NC(=O)/C=C/c1cc(Cl)ccc1Cc1ccc2cc(F)ccc2c1. The van der Waals surface area contributed by atoms with E-state index < -0.39 is 15.9 Å². The summed E-state index contributed by atoms with van der Waals surface area (Å²) in [6.45, 7) is 0. The van der Waals surface area contributed by atoms with Gasteiger partial charge in [0.15, 0.2) is 0 Å². The van der Waals surface area contributed by atoms with Crippen molar-refractivity contribution in [2.75, 3.05) is 7.11 Å². The number of rotatable bonds is 7. The Morgan fingerprint density at radius 2 is 1.78 bits per heavy atom. The molecule has 0 aliphatic carbocycles. The molecule has 0 fully saturated rings. The molecule has 1 N–H and O–H groups in total. The molecule has 0 spiro atoms. The summed E-state index contributed by atoms with van der Waals surface area (Å²) in [5.41, 5.74) is 2.52. The van der Waals surface area contributed by atoms with Crippen molar-refractivity contribution in [3.8, 4) is 5.75 Å². The van der Waals surface area contributed by atoms with Gasteiger partial charge in [-0.25, -0.2) is 17.5 Å². The predicted molar refractivity (Wildman–Crippen MR) is 143 cm³/mol. The Morgan fingerprint density at radius 1 is 1.03 bits per heavy atom. The molecule has 0 aromatic heterocycles. The Labute approximate surface area is 221 Å². The van der Waals surface area contributed by atoms with Gasteiger partial charge in [-0.3, -0.25) is 4.79 Å². The van der Waals surface area contributed by atoms with Crippen LogP contribution in [0.2, 0.25) is 5.02 Å². The third kappa shape index (κ3) is 6.13. The second-order valence-corrected chi connectivity index (χ2v) is 10.9. The lowest BCUT2D eigenvalue weighted by Crippen LogP contribution is -2.29. The summed E-state index contributed by atoms with van der Waals surface area (Å²) in [5.74, 6) is -1.01. The van der Waals surface area contributed by atoms with E-state index >= 15 is 0 Å². The zero-order valence-electron chi connectivity index (χ0n) is 19.0. The smallest absolute Gasteiger partial charge is 0.268 e. The van der Waals surface area contributed by atoms with E-state index in [1.807, 2.05) is 29.0 Å². The quantitative estimate of drug-likeness (QED) is 0.250. The largest absolute Gasteiger partial charge is 0.495 e. The summed E-state index contributed by atoms with van der Waals surface area (Å²) in [6, 6.07) is 20.1. The summed E-state index contributed by atoms with van der Waals surface area (Å²) >= 11 is 9.41. The number of fused-ring (bicyclic) bond motifs is 1. The highest BCUT2D eigenvalue weighted by atomic mass is 79.9. The fourth-order valence-electron chi connectivity index (χ4n) is 3.73. The minimum atomic E-state index is -4.18. The molecular weight excluding hydrogens is 569 g/mol. The first-order valence-corrected chi connectivity index (χ1v) is 13.3. The molecule has 0 aliphatic heterocycles. The second-order valence-electron chi connectivity index (χ2n) is 7.94. The van der Waals surface area contributed by atoms with Gasteiger partial charge in [-0.05, 0) is 82.4 Å². The molecule has 9 heteroatoms. The van der Waals surface area contributed by atoms with Gasteiger partial charge in [0.25, 0.3) is 15.9 Å². The average Bonchev–Trinajstić information content (AvgIpc) is 2.84. The fourth-order valence-corrected chi connectivity index (χ4v) is 5.56. The van der Waals surface area contributed by atoms with Crippen molar-refractivity contribution in [1.29, 1.82) is 0 Å². The van der Waals surface area contributed by atoms with Crippen LogP contribution in [-0.4, -0.2) is 21.4 Å². The molecule has 4 aromatic rings. The van der Waals surface area contributed by atoms with Crippen LogP contribution in [0.1, 0.15) is 16.7 Å². The molecule has 0 heterocycles. The molecule has 5 nitrogen and oxygen atoms in total. The molecule has 0 bridgehead atoms. The van der Waals surface area contributed by atoms with E-state index in [4.69, 9.17) is 16.3 Å². The van der Waals surface area contributed by atoms with Crippen LogP contribution in [-0.2, 0) is 21.2 Å². The molecular formula is C27H20BrClFNO4S. The predicted octanol–water partition coefficient (Wildman–Crippen LogP) is 6.51. The first-order valence-electron chi connectivity index (χ1n) is 10.7. The van der Waals surface area contributed by atoms with Crippen LogP contribution >= 0.6 is 27.5 Å². The van der Waals surface area contributed by atoms with E-state index in [1.165, 1.54) is 37.5 Å². The Bertz CT molecular complexity index is 1610. The summed E-state index contributed by atoms with van der Waals surface area (Å²) < 4.78 is 46.7. The van der Waals surface area contributed by atoms with Gasteiger partial charge in [0.2, 0.25) is 0 Å². The molecule has 0 saturated carbocycles. The van der Waals surface area contributed by atoms with Gasteiger partial charge < -0.3 is 4.74 Å². The van der Waals surface area contributed by atoms with Gasteiger partial charge in [-0.15, -0.1) is 0 Å². The monoisotopic (exact) mass is 587 g/mol. The first-order chi connectivity index (χ1) is 17.1. The van der Waals surface area contributed by atoms with E-state index in [1.54, 1.807) is 24.3 Å². The molecule has 0 aliphatic rings. The summed E-state index contributed by atoms with van der Waals surface area (Å²) in [4.78, 5) is 12.4. The van der Waals surface area contributed by atoms with Crippen LogP contribution in [0.3, 0.4) is 0 Å². The summed E-state index contributed by atoms with van der Waals surface area (Å²) in [6.07, 6.45) is 3.18. The number of halogens is 3. The van der Waals surface area contributed by atoms with Gasteiger partial charge >= 0.3 is 0 Å². The van der Waals surface area contributed by atoms with Crippen molar-refractivity contribution in [2.45, 2.75) is 11.3 Å². The maximum Gasteiger partial charge on any atom is 0.268 e. The Morgan fingerprint density at radius 3 is 2.56 bits per heavy atom. The standard InChI is InChI=1S/C27H20BrClFNO4S/c1-35-25-10-7-22(28)16-26(25)36(33,34)31-27(32)11-6-20-14-23(29)8-4-18(20)12-17-2-3-21-15-24(30)9-5-19(21)13-17/h2-11,13-16H,12H2,1H3,(H,31,32)/b11-6+. The van der Waals surface area contributed by atoms with Crippen LogP contribution in [0.25, 0.3) is 16.8 Å².